The highest BCUT2D eigenvalue weighted by Crippen LogP contribution is 2.26. The van der Waals surface area contributed by atoms with Crippen molar-refractivity contribution in [2.45, 2.75) is 39.4 Å². The zero-order chi connectivity index (χ0) is 17.0. The first-order valence-electron chi connectivity index (χ1n) is 7.40. The van der Waals surface area contributed by atoms with E-state index in [4.69, 9.17) is 14.2 Å². The van der Waals surface area contributed by atoms with E-state index in [1.54, 1.807) is 11.8 Å². The van der Waals surface area contributed by atoms with E-state index in [0.717, 1.165) is 11.3 Å². The first-order valence-corrected chi connectivity index (χ1v) is 8.22. The summed E-state index contributed by atoms with van der Waals surface area (Å²) in [6.07, 6.45) is -0.808. The van der Waals surface area contributed by atoms with E-state index in [-0.39, 0.29) is 17.7 Å². The second-order valence-electron chi connectivity index (χ2n) is 5.95. The number of morpholine rings is 1. The van der Waals surface area contributed by atoms with Crippen molar-refractivity contribution in [2.24, 2.45) is 0 Å². The maximum Gasteiger partial charge on any atom is 0.410 e. The number of hydrogen-bond donors (Lipinski definition) is 0. The fourth-order valence-electron chi connectivity index (χ4n) is 1.93. The summed E-state index contributed by atoms with van der Waals surface area (Å²) in [5.41, 5.74) is -0.551. The van der Waals surface area contributed by atoms with Gasteiger partial charge < -0.3 is 19.1 Å². The number of hydrogen-bond acceptors (Lipinski definition) is 8. The van der Waals surface area contributed by atoms with Crippen molar-refractivity contribution in [1.29, 1.82) is 0 Å². The van der Waals surface area contributed by atoms with Crippen molar-refractivity contribution in [1.82, 2.24) is 15.1 Å². The monoisotopic (exact) mass is 343 g/mol. The van der Waals surface area contributed by atoms with E-state index in [0.29, 0.717) is 24.7 Å². The molecule has 9 heteroatoms. The molecule has 1 aliphatic rings. The van der Waals surface area contributed by atoms with Gasteiger partial charge in [0.25, 0.3) is 0 Å². The summed E-state index contributed by atoms with van der Waals surface area (Å²) < 4.78 is 15.9. The molecule has 0 bridgehead atoms. The third-order valence-electron chi connectivity index (χ3n) is 2.88. The van der Waals surface area contributed by atoms with Gasteiger partial charge >= 0.3 is 12.1 Å². The highest BCUT2D eigenvalue weighted by Gasteiger charge is 2.31. The lowest BCUT2D eigenvalue weighted by Crippen LogP contribution is -2.44. The normalized spacial score (nSPS) is 18.6. The predicted octanol–water partition coefficient (Wildman–Crippen LogP) is 2.02. The van der Waals surface area contributed by atoms with Crippen LogP contribution in [-0.4, -0.2) is 59.1 Å². The molecule has 1 aliphatic heterocycles. The highest BCUT2D eigenvalue weighted by atomic mass is 32.1. The Balaban J connectivity index is 2.01. The van der Waals surface area contributed by atoms with Crippen molar-refractivity contribution in [2.75, 3.05) is 26.3 Å². The number of aromatic nitrogens is 2. The van der Waals surface area contributed by atoms with Gasteiger partial charge in [-0.05, 0) is 27.7 Å². The first-order chi connectivity index (χ1) is 10.8. The molecule has 1 unspecified atom stereocenters. The van der Waals surface area contributed by atoms with Crippen LogP contribution < -0.4 is 0 Å². The Kier molecular flexibility index (Phi) is 5.53. The van der Waals surface area contributed by atoms with Gasteiger partial charge in [0.2, 0.25) is 5.01 Å². The Morgan fingerprint density at radius 3 is 2.78 bits per heavy atom. The SMILES string of the molecule is CCOC(=O)c1nnc(C2CN(C(=O)OC(C)(C)C)CCO2)s1. The maximum atomic E-state index is 12.1. The summed E-state index contributed by atoms with van der Waals surface area (Å²) >= 11 is 1.11. The molecule has 1 amide bonds. The first kappa shape index (κ1) is 17.6. The zero-order valence-corrected chi connectivity index (χ0v) is 14.5. The van der Waals surface area contributed by atoms with Crippen LogP contribution in [0.3, 0.4) is 0 Å². The fourth-order valence-corrected chi connectivity index (χ4v) is 2.71. The summed E-state index contributed by atoms with van der Waals surface area (Å²) in [6, 6.07) is 0. The van der Waals surface area contributed by atoms with Crippen molar-refractivity contribution < 1.29 is 23.8 Å². The van der Waals surface area contributed by atoms with Crippen LogP contribution >= 0.6 is 11.3 Å². The van der Waals surface area contributed by atoms with Crippen LogP contribution in [0.4, 0.5) is 4.79 Å². The Bertz CT molecular complexity index is 569. The molecule has 2 rings (SSSR count). The molecule has 8 nitrogen and oxygen atoms in total. The molecule has 0 spiro atoms. The molecule has 1 fully saturated rings. The predicted molar refractivity (Wildman–Crippen MR) is 82.4 cm³/mol. The van der Waals surface area contributed by atoms with Crippen molar-refractivity contribution in [3.05, 3.63) is 10.0 Å². The van der Waals surface area contributed by atoms with Gasteiger partial charge in [-0.15, -0.1) is 10.2 Å². The molecule has 1 aromatic heterocycles. The third kappa shape index (κ3) is 4.87. The van der Waals surface area contributed by atoms with Crippen LogP contribution in [0.1, 0.15) is 48.6 Å². The van der Waals surface area contributed by atoms with E-state index in [2.05, 4.69) is 10.2 Å². The Morgan fingerprint density at radius 2 is 2.13 bits per heavy atom. The average Bonchev–Trinajstić information content (AvgIpc) is 2.96. The Morgan fingerprint density at radius 1 is 1.39 bits per heavy atom. The largest absolute Gasteiger partial charge is 0.461 e. The van der Waals surface area contributed by atoms with Crippen molar-refractivity contribution in [3.8, 4) is 0 Å². The van der Waals surface area contributed by atoms with Crippen molar-refractivity contribution >= 4 is 23.4 Å². The number of ether oxygens (including phenoxy) is 3. The van der Waals surface area contributed by atoms with Gasteiger partial charge in [-0.1, -0.05) is 11.3 Å². The number of esters is 1. The quantitative estimate of drug-likeness (QED) is 0.775. The number of carbonyl (C=O) groups is 2. The van der Waals surface area contributed by atoms with Crippen LogP contribution in [0.5, 0.6) is 0 Å². The minimum Gasteiger partial charge on any atom is -0.461 e. The molecule has 0 aliphatic carbocycles. The van der Waals surface area contributed by atoms with E-state index in [1.165, 1.54) is 0 Å². The minimum atomic E-state index is -0.551. The summed E-state index contributed by atoms with van der Waals surface area (Å²) in [5, 5.41) is 8.52. The van der Waals surface area contributed by atoms with Crippen LogP contribution in [0.25, 0.3) is 0 Å². The summed E-state index contributed by atoms with van der Waals surface area (Å²) in [5.74, 6) is -0.504. The lowest BCUT2D eigenvalue weighted by Gasteiger charge is -2.33. The summed E-state index contributed by atoms with van der Waals surface area (Å²) in [4.78, 5) is 25.3. The van der Waals surface area contributed by atoms with E-state index >= 15 is 0 Å². The molecule has 1 aromatic rings. The van der Waals surface area contributed by atoms with Crippen molar-refractivity contribution in [3.63, 3.8) is 0 Å². The second kappa shape index (κ2) is 7.22. The van der Waals surface area contributed by atoms with Crippen LogP contribution in [0, 0.1) is 0 Å². The molecular formula is C14H21N3O5S. The molecule has 1 saturated heterocycles. The molecule has 23 heavy (non-hydrogen) atoms. The smallest absolute Gasteiger partial charge is 0.410 e. The fraction of sp³-hybridized carbons (Fsp3) is 0.714. The molecular weight excluding hydrogens is 322 g/mol. The third-order valence-corrected chi connectivity index (χ3v) is 3.88. The van der Waals surface area contributed by atoms with Gasteiger partial charge in [0.05, 0.1) is 19.8 Å². The van der Waals surface area contributed by atoms with Gasteiger partial charge in [-0.2, -0.15) is 0 Å². The zero-order valence-electron chi connectivity index (χ0n) is 13.7. The van der Waals surface area contributed by atoms with E-state index in [1.807, 2.05) is 20.8 Å². The number of nitrogens with zero attached hydrogens (tertiary/aromatic N) is 3. The standard InChI is InChI=1S/C14H21N3O5S/c1-5-20-12(18)11-16-15-10(23-11)9-8-17(6-7-21-9)13(19)22-14(2,3)4/h9H,5-8H2,1-4H3. The van der Waals surface area contributed by atoms with Crippen LogP contribution in [-0.2, 0) is 14.2 Å². The molecule has 128 valence electrons. The Hall–Kier alpha value is -1.74. The molecule has 2 heterocycles. The molecule has 0 N–H and O–H groups in total. The lowest BCUT2D eigenvalue weighted by molar-refractivity contribution is -0.0435. The van der Waals surface area contributed by atoms with Crippen LogP contribution in [0.2, 0.25) is 0 Å². The molecule has 0 aromatic carbocycles. The molecule has 0 radical (unpaired) electrons. The van der Waals surface area contributed by atoms with Gasteiger partial charge in [0, 0.05) is 6.54 Å². The summed E-state index contributed by atoms with van der Waals surface area (Å²) in [7, 11) is 0. The number of amides is 1. The average molecular weight is 343 g/mol. The van der Waals surface area contributed by atoms with E-state index < -0.39 is 17.7 Å². The van der Waals surface area contributed by atoms with Gasteiger partial charge in [0.15, 0.2) is 0 Å². The van der Waals surface area contributed by atoms with Gasteiger partial charge in [0.1, 0.15) is 16.7 Å². The Labute approximate surface area is 138 Å². The van der Waals surface area contributed by atoms with Gasteiger partial charge in [-0.25, -0.2) is 9.59 Å². The molecule has 0 saturated carbocycles. The van der Waals surface area contributed by atoms with Crippen LogP contribution in [0.15, 0.2) is 0 Å². The second-order valence-corrected chi connectivity index (χ2v) is 6.96. The summed E-state index contributed by atoms with van der Waals surface area (Å²) in [6.45, 7) is 8.60. The number of rotatable bonds is 3. The lowest BCUT2D eigenvalue weighted by atomic mass is 10.2. The van der Waals surface area contributed by atoms with E-state index in [9.17, 15) is 9.59 Å². The topological polar surface area (TPSA) is 90.9 Å². The molecule has 1 atom stereocenters. The number of carbonyl (C=O) groups excluding carboxylic acids is 2. The maximum absolute atomic E-state index is 12.1. The minimum absolute atomic E-state index is 0.180. The highest BCUT2D eigenvalue weighted by molar-refractivity contribution is 7.13. The van der Waals surface area contributed by atoms with Gasteiger partial charge in [-0.3, -0.25) is 0 Å².